The first-order valence-electron chi connectivity index (χ1n) is 5.67. The highest BCUT2D eigenvalue weighted by Gasteiger charge is 2.42. The Bertz CT molecular complexity index is 370. The first-order chi connectivity index (χ1) is 8.30. The average molecular weight is 258 g/mol. The van der Waals surface area contributed by atoms with Crippen molar-refractivity contribution in [2.45, 2.75) is 26.3 Å². The number of carbonyl (C=O) groups excluding carboxylic acids is 2. The number of hydrogen-bond donors (Lipinski definition) is 2. The van der Waals surface area contributed by atoms with Crippen molar-refractivity contribution in [2.75, 3.05) is 20.2 Å². The molecule has 102 valence electrons. The molecule has 0 radical (unpaired) electrons. The van der Waals surface area contributed by atoms with E-state index in [-0.39, 0.29) is 6.54 Å². The standard InChI is InChI=1S/C11H18N2O5/c1-7(8(14)18-3)12-10(17)13-5-4-11(2,6-13)9(15)16/h7H,4-6H2,1-3H3,(H,12,17)(H,15,16). The van der Waals surface area contributed by atoms with Crippen LogP contribution in [0.5, 0.6) is 0 Å². The van der Waals surface area contributed by atoms with Crippen molar-refractivity contribution in [1.82, 2.24) is 10.2 Å². The van der Waals surface area contributed by atoms with Gasteiger partial charge in [-0.1, -0.05) is 0 Å². The smallest absolute Gasteiger partial charge is 0.328 e. The van der Waals surface area contributed by atoms with Gasteiger partial charge in [-0.2, -0.15) is 0 Å². The molecule has 7 heteroatoms. The predicted molar refractivity (Wildman–Crippen MR) is 61.9 cm³/mol. The summed E-state index contributed by atoms with van der Waals surface area (Å²) < 4.78 is 4.49. The van der Waals surface area contributed by atoms with E-state index in [1.165, 1.54) is 18.9 Å². The minimum absolute atomic E-state index is 0.141. The molecule has 1 fully saturated rings. The van der Waals surface area contributed by atoms with Crippen molar-refractivity contribution >= 4 is 18.0 Å². The second-order valence-electron chi connectivity index (χ2n) is 4.73. The van der Waals surface area contributed by atoms with E-state index in [4.69, 9.17) is 5.11 Å². The minimum Gasteiger partial charge on any atom is -0.481 e. The van der Waals surface area contributed by atoms with Crippen LogP contribution in [0.3, 0.4) is 0 Å². The maximum atomic E-state index is 11.8. The fraction of sp³-hybridized carbons (Fsp3) is 0.727. The first-order valence-corrected chi connectivity index (χ1v) is 5.67. The van der Waals surface area contributed by atoms with E-state index in [9.17, 15) is 14.4 Å². The number of rotatable bonds is 3. The van der Waals surface area contributed by atoms with Crippen LogP contribution >= 0.6 is 0 Å². The zero-order chi connectivity index (χ0) is 13.9. The molecule has 1 heterocycles. The Morgan fingerprint density at radius 3 is 2.50 bits per heavy atom. The average Bonchev–Trinajstić information content (AvgIpc) is 2.72. The number of ether oxygens (including phenoxy) is 1. The number of nitrogens with zero attached hydrogens (tertiary/aromatic N) is 1. The largest absolute Gasteiger partial charge is 0.481 e. The van der Waals surface area contributed by atoms with Gasteiger partial charge >= 0.3 is 18.0 Å². The van der Waals surface area contributed by atoms with Gasteiger partial charge < -0.3 is 20.1 Å². The van der Waals surface area contributed by atoms with Gasteiger partial charge in [-0.05, 0) is 20.3 Å². The summed E-state index contributed by atoms with van der Waals surface area (Å²) >= 11 is 0. The van der Waals surface area contributed by atoms with Crippen molar-refractivity contribution in [2.24, 2.45) is 5.41 Å². The molecule has 0 aromatic rings. The van der Waals surface area contributed by atoms with Crippen LogP contribution in [0.25, 0.3) is 0 Å². The summed E-state index contributed by atoms with van der Waals surface area (Å²) in [7, 11) is 1.24. The predicted octanol–water partition coefficient (Wildman–Crippen LogP) is 0.0541. The molecule has 0 aliphatic carbocycles. The van der Waals surface area contributed by atoms with E-state index in [0.29, 0.717) is 13.0 Å². The molecule has 1 saturated heterocycles. The lowest BCUT2D eigenvalue weighted by Crippen LogP contribution is -2.47. The third kappa shape index (κ3) is 2.91. The maximum Gasteiger partial charge on any atom is 0.328 e. The molecular weight excluding hydrogens is 240 g/mol. The van der Waals surface area contributed by atoms with Crippen LogP contribution in [0.4, 0.5) is 4.79 Å². The second kappa shape index (κ2) is 5.24. The summed E-state index contributed by atoms with van der Waals surface area (Å²) in [5.74, 6) is -1.46. The molecular formula is C11H18N2O5. The minimum atomic E-state index is -0.918. The van der Waals surface area contributed by atoms with Gasteiger partial charge in [0.25, 0.3) is 0 Å². The number of urea groups is 1. The third-order valence-corrected chi connectivity index (χ3v) is 3.17. The van der Waals surface area contributed by atoms with Crippen LogP contribution < -0.4 is 5.32 Å². The fourth-order valence-electron chi connectivity index (χ4n) is 1.82. The Kier molecular flexibility index (Phi) is 4.15. The molecule has 7 nitrogen and oxygen atoms in total. The van der Waals surface area contributed by atoms with E-state index >= 15 is 0 Å². The Balaban J connectivity index is 2.55. The lowest BCUT2D eigenvalue weighted by Gasteiger charge is -2.22. The van der Waals surface area contributed by atoms with Crippen molar-refractivity contribution in [3.8, 4) is 0 Å². The molecule has 2 N–H and O–H groups in total. The summed E-state index contributed by atoms with van der Waals surface area (Å²) in [6, 6.07) is -1.20. The Hall–Kier alpha value is -1.79. The summed E-state index contributed by atoms with van der Waals surface area (Å²) in [5.41, 5.74) is -0.911. The van der Waals surface area contributed by atoms with Gasteiger partial charge in [0.15, 0.2) is 0 Å². The van der Waals surface area contributed by atoms with Gasteiger partial charge in [-0.25, -0.2) is 9.59 Å². The van der Waals surface area contributed by atoms with E-state index in [0.717, 1.165) is 0 Å². The topological polar surface area (TPSA) is 95.9 Å². The second-order valence-corrected chi connectivity index (χ2v) is 4.73. The quantitative estimate of drug-likeness (QED) is 0.697. The highest BCUT2D eigenvalue weighted by atomic mass is 16.5. The summed E-state index contributed by atoms with van der Waals surface area (Å²) in [6.45, 7) is 3.62. The summed E-state index contributed by atoms with van der Waals surface area (Å²) in [6.07, 6.45) is 0.405. The molecule has 0 bridgehead atoms. The Morgan fingerprint density at radius 1 is 1.44 bits per heavy atom. The number of carboxylic acids is 1. The van der Waals surface area contributed by atoms with Crippen LogP contribution in [0.15, 0.2) is 0 Å². The number of carbonyl (C=O) groups is 3. The molecule has 0 aromatic heterocycles. The molecule has 1 aliphatic heterocycles. The van der Waals surface area contributed by atoms with Gasteiger partial charge in [-0.3, -0.25) is 4.79 Å². The van der Waals surface area contributed by atoms with Gasteiger partial charge in [0.1, 0.15) is 6.04 Å². The maximum absolute atomic E-state index is 11.8. The van der Waals surface area contributed by atoms with E-state index in [1.807, 2.05) is 0 Å². The summed E-state index contributed by atoms with van der Waals surface area (Å²) in [5, 5.41) is 11.5. The molecule has 1 aliphatic rings. The van der Waals surface area contributed by atoms with Crippen LogP contribution in [-0.2, 0) is 14.3 Å². The molecule has 2 amide bonds. The Morgan fingerprint density at radius 2 is 2.06 bits per heavy atom. The number of aliphatic carboxylic acids is 1. The molecule has 2 atom stereocenters. The molecule has 2 unspecified atom stereocenters. The number of nitrogens with one attached hydrogen (secondary N) is 1. The van der Waals surface area contributed by atoms with E-state index in [1.54, 1.807) is 6.92 Å². The SMILES string of the molecule is COC(=O)C(C)NC(=O)N1CCC(C)(C(=O)O)C1. The summed E-state index contributed by atoms with van der Waals surface area (Å²) in [4.78, 5) is 35.4. The molecule has 18 heavy (non-hydrogen) atoms. The van der Waals surface area contributed by atoms with Gasteiger partial charge in [0.05, 0.1) is 12.5 Å². The van der Waals surface area contributed by atoms with Crippen molar-refractivity contribution in [3.05, 3.63) is 0 Å². The van der Waals surface area contributed by atoms with E-state index in [2.05, 4.69) is 10.1 Å². The molecule has 0 aromatic carbocycles. The lowest BCUT2D eigenvalue weighted by atomic mass is 9.90. The third-order valence-electron chi connectivity index (χ3n) is 3.17. The lowest BCUT2D eigenvalue weighted by molar-refractivity contribution is -0.147. The number of carboxylic acid groups (broad SMARTS) is 1. The van der Waals surface area contributed by atoms with Crippen LogP contribution in [0.2, 0.25) is 0 Å². The highest BCUT2D eigenvalue weighted by Crippen LogP contribution is 2.29. The van der Waals surface area contributed by atoms with Crippen LogP contribution in [0.1, 0.15) is 20.3 Å². The highest BCUT2D eigenvalue weighted by molar-refractivity contribution is 5.84. The van der Waals surface area contributed by atoms with Crippen LogP contribution in [0, 0.1) is 5.41 Å². The monoisotopic (exact) mass is 258 g/mol. The van der Waals surface area contributed by atoms with E-state index < -0.39 is 29.4 Å². The molecule has 0 spiro atoms. The molecule has 0 saturated carbocycles. The van der Waals surface area contributed by atoms with Gasteiger partial charge in [-0.15, -0.1) is 0 Å². The number of amides is 2. The van der Waals surface area contributed by atoms with Crippen LogP contribution in [-0.4, -0.2) is 54.2 Å². The normalized spacial score (nSPS) is 24.5. The van der Waals surface area contributed by atoms with Crippen molar-refractivity contribution in [3.63, 3.8) is 0 Å². The first kappa shape index (κ1) is 14.3. The number of esters is 1. The number of likely N-dealkylation sites (tertiary alicyclic amines) is 1. The van der Waals surface area contributed by atoms with Crippen molar-refractivity contribution in [1.29, 1.82) is 0 Å². The number of hydrogen-bond acceptors (Lipinski definition) is 4. The number of methoxy groups -OCH3 is 1. The zero-order valence-corrected chi connectivity index (χ0v) is 10.7. The Labute approximate surface area is 105 Å². The van der Waals surface area contributed by atoms with Crippen molar-refractivity contribution < 1.29 is 24.2 Å². The fourth-order valence-corrected chi connectivity index (χ4v) is 1.82. The zero-order valence-electron chi connectivity index (χ0n) is 10.7. The van der Waals surface area contributed by atoms with Gasteiger partial charge in [0, 0.05) is 13.1 Å². The van der Waals surface area contributed by atoms with Gasteiger partial charge in [0.2, 0.25) is 0 Å². The molecule has 1 rings (SSSR count).